The van der Waals surface area contributed by atoms with Crippen LogP contribution in [-0.4, -0.2) is 28.1 Å². The number of hydrogen-bond donors (Lipinski definition) is 2. The molecule has 0 aliphatic carbocycles. The molecule has 2 aromatic carbocycles. The number of rotatable bonds is 8. The molecule has 0 spiro atoms. The highest BCUT2D eigenvalue weighted by Gasteiger charge is 2.23. The van der Waals surface area contributed by atoms with Gasteiger partial charge in [-0.05, 0) is 43.5 Å². The van der Waals surface area contributed by atoms with Crippen molar-refractivity contribution in [1.29, 1.82) is 0 Å². The Hall–Kier alpha value is -3.19. The van der Waals surface area contributed by atoms with Crippen LogP contribution in [0.15, 0.2) is 48.5 Å². The highest BCUT2D eigenvalue weighted by Crippen LogP contribution is 2.21. The summed E-state index contributed by atoms with van der Waals surface area (Å²) in [4.78, 5) is 24.6. The number of carbonyl (C=O) groups is 2. The summed E-state index contributed by atoms with van der Waals surface area (Å²) in [6.07, 6.45) is 0.287. The second-order valence-electron chi connectivity index (χ2n) is 7.53. The maximum atomic E-state index is 13.1. The number of nitrogens with zero attached hydrogens (tertiary/aromatic N) is 2. The molecule has 6 nitrogen and oxygen atoms in total. The largest absolute Gasteiger partial charge is 0.369 e. The van der Waals surface area contributed by atoms with E-state index in [0.29, 0.717) is 12.2 Å². The minimum absolute atomic E-state index is 0.0322. The van der Waals surface area contributed by atoms with E-state index < -0.39 is 17.7 Å². The average molecular weight is 443 g/mol. The molecule has 0 saturated carbocycles. The second-order valence-corrected chi connectivity index (χ2v) is 7.89. The molecule has 0 aliphatic heterocycles. The van der Waals surface area contributed by atoms with Gasteiger partial charge in [0.1, 0.15) is 11.0 Å². The van der Waals surface area contributed by atoms with Crippen LogP contribution in [0.2, 0.25) is 5.15 Å². The van der Waals surface area contributed by atoms with Crippen molar-refractivity contribution in [2.75, 3.05) is 6.54 Å². The summed E-state index contributed by atoms with van der Waals surface area (Å²) in [7, 11) is 0. The maximum absolute atomic E-state index is 13.1. The molecule has 0 radical (unpaired) electrons. The number of nitrogens with one attached hydrogen (secondary N) is 1. The van der Waals surface area contributed by atoms with E-state index in [1.807, 2.05) is 31.2 Å². The standard InChI is InChI=1S/C23H24ClFN4O2/c1-14-3-5-17(6-4-14)13-29-21(24)20(15(2)28-29)23(31)27-12-18(22(26)30)11-16-7-9-19(25)10-8-16/h3-10,18H,11-13H2,1-2H3,(H2,26,30)(H,27,31). The molecule has 162 valence electrons. The summed E-state index contributed by atoms with van der Waals surface area (Å²) in [6, 6.07) is 13.8. The van der Waals surface area contributed by atoms with Gasteiger partial charge in [-0.2, -0.15) is 5.10 Å². The lowest BCUT2D eigenvalue weighted by molar-refractivity contribution is -0.121. The van der Waals surface area contributed by atoms with Gasteiger partial charge in [-0.25, -0.2) is 9.07 Å². The van der Waals surface area contributed by atoms with E-state index in [1.165, 1.54) is 12.1 Å². The molecule has 31 heavy (non-hydrogen) atoms. The van der Waals surface area contributed by atoms with Gasteiger partial charge >= 0.3 is 0 Å². The van der Waals surface area contributed by atoms with Crippen LogP contribution in [0.4, 0.5) is 4.39 Å². The van der Waals surface area contributed by atoms with Crippen LogP contribution in [0.3, 0.4) is 0 Å². The molecule has 3 aromatic rings. The topological polar surface area (TPSA) is 90.0 Å². The number of halogens is 2. The first-order valence-corrected chi connectivity index (χ1v) is 10.2. The summed E-state index contributed by atoms with van der Waals surface area (Å²) in [5.74, 6) is -1.98. The molecular weight excluding hydrogens is 419 g/mol. The van der Waals surface area contributed by atoms with E-state index in [0.717, 1.165) is 16.7 Å². The van der Waals surface area contributed by atoms with Gasteiger partial charge < -0.3 is 11.1 Å². The van der Waals surface area contributed by atoms with Crippen molar-refractivity contribution in [2.24, 2.45) is 11.7 Å². The van der Waals surface area contributed by atoms with Crippen LogP contribution >= 0.6 is 11.6 Å². The fourth-order valence-corrected chi connectivity index (χ4v) is 3.59. The third-order valence-electron chi connectivity index (χ3n) is 5.05. The molecule has 3 rings (SSSR count). The molecule has 3 N–H and O–H groups in total. The van der Waals surface area contributed by atoms with E-state index in [2.05, 4.69) is 10.4 Å². The van der Waals surface area contributed by atoms with E-state index >= 15 is 0 Å². The lowest BCUT2D eigenvalue weighted by Gasteiger charge is -2.14. The van der Waals surface area contributed by atoms with Gasteiger partial charge in [-0.1, -0.05) is 53.6 Å². The van der Waals surface area contributed by atoms with Crippen molar-refractivity contribution in [1.82, 2.24) is 15.1 Å². The summed E-state index contributed by atoms with van der Waals surface area (Å²) in [5, 5.41) is 7.34. The molecular formula is C23H24ClFN4O2. The Labute approximate surface area is 185 Å². The van der Waals surface area contributed by atoms with Crippen LogP contribution in [0.5, 0.6) is 0 Å². The Morgan fingerprint density at radius 2 is 1.71 bits per heavy atom. The minimum atomic E-state index is -0.643. The molecule has 2 amide bonds. The van der Waals surface area contributed by atoms with Gasteiger partial charge in [-0.15, -0.1) is 0 Å². The Morgan fingerprint density at radius 1 is 1.10 bits per heavy atom. The molecule has 0 aliphatic rings. The van der Waals surface area contributed by atoms with Crippen molar-refractivity contribution in [3.05, 3.63) is 87.4 Å². The van der Waals surface area contributed by atoms with Crippen molar-refractivity contribution in [3.8, 4) is 0 Å². The number of nitrogens with two attached hydrogens (primary N) is 1. The molecule has 1 heterocycles. The normalized spacial score (nSPS) is 11.9. The second kappa shape index (κ2) is 9.75. The monoisotopic (exact) mass is 442 g/mol. The molecule has 1 unspecified atom stereocenters. The third kappa shape index (κ3) is 5.70. The van der Waals surface area contributed by atoms with Crippen molar-refractivity contribution < 1.29 is 14.0 Å². The van der Waals surface area contributed by atoms with Gasteiger partial charge in [0.15, 0.2) is 0 Å². The Balaban J connectivity index is 1.68. The molecule has 0 bridgehead atoms. The van der Waals surface area contributed by atoms with Gasteiger partial charge in [0.05, 0.1) is 23.7 Å². The Bertz CT molecular complexity index is 1080. The first-order valence-electron chi connectivity index (χ1n) is 9.85. The predicted octanol–water partition coefficient (Wildman–Crippen LogP) is 3.41. The Kier molecular flexibility index (Phi) is 7.07. The van der Waals surface area contributed by atoms with Crippen LogP contribution in [0, 0.1) is 25.6 Å². The zero-order valence-electron chi connectivity index (χ0n) is 17.4. The Morgan fingerprint density at radius 3 is 2.32 bits per heavy atom. The molecule has 0 fully saturated rings. The maximum Gasteiger partial charge on any atom is 0.256 e. The van der Waals surface area contributed by atoms with Crippen LogP contribution in [0.1, 0.15) is 32.7 Å². The average Bonchev–Trinajstić information content (AvgIpc) is 3.01. The summed E-state index contributed by atoms with van der Waals surface area (Å²) in [5.41, 5.74) is 9.15. The van der Waals surface area contributed by atoms with Crippen LogP contribution in [-0.2, 0) is 17.8 Å². The van der Waals surface area contributed by atoms with Gasteiger partial charge in [0.25, 0.3) is 5.91 Å². The number of amides is 2. The first-order chi connectivity index (χ1) is 14.7. The minimum Gasteiger partial charge on any atom is -0.369 e. The van der Waals surface area contributed by atoms with E-state index in [9.17, 15) is 14.0 Å². The van der Waals surface area contributed by atoms with Gasteiger partial charge in [0.2, 0.25) is 5.91 Å². The van der Waals surface area contributed by atoms with Crippen molar-refractivity contribution >= 4 is 23.4 Å². The number of aromatic nitrogens is 2. The molecule has 1 aromatic heterocycles. The molecule has 8 heteroatoms. The van der Waals surface area contributed by atoms with Crippen LogP contribution < -0.4 is 11.1 Å². The van der Waals surface area contributed by atoms with Crippen molar-refractivity contribution in [2.45, 2.75) is 26.8 Å². The third-order valence-corrected chi connectivity index (χ3v) is 5.44. The highest BCUT2D eigenvalue weighted by molar-refractivity contribution is 6.33. The smallest absolute Gasteiger partial charge is 0.256 e. The van der Waals surface area contributed by atoms with E-state index in [-0.39, 0.29) is 29.5 Å². The zero-order valence-corrected chi connectivity index (χ0v) is 18.1. The quantitative estimate of drug-likeness (QED) is 0.560. The first kappa shape index (κ1) is 22.5. The summed E-state index contributed by atoms with van der Waals surface area (Å²) < 4.78 is 14.7. The lowest BCUT2D eigenvalue weighted by Crippen LogP contribution is -2.37. The van der Waals surface area contributed by atoms with E-state index in [4.69, 9.17) is 17.3 Å². The number of primary amides is 1. The number of carbonyl (C=O) groups excluding carboxylic acids is 2. The summed E-state index contributed by atoms with van der Waals surface area (Å²) in [6.45, 7) is 4.18. The summed E-state index contributed by atoms with van der Waals surface area (Å²) >= 11 is 6.44. The fourth-order valence-electron chi connectivity index (χ4n) is 3.27. The number of benzene rings is 2. The predicted molar refractivity (Wildman–Crippen MR) is 117 cm³/mol. The SMILES string of the molecule is Cc1ccc(Cn2nc(C)c(C(=O)NCC(Cc3ccc(F)cc3)C(N)=O)c2Cl)cc1. The molecule has 0 saturated heterocycles. The number of hydrogen-bond acceptors (Lipinski definition) is 3. The molecule has 1 atom stereocenters. The number of aryl methyl sites for hydroxylation is 2. The lowest BCUT2D eigenvalue weighted by atomic mass is 9.98. The van der Waals surface area contributed by atoms with Gasteiger partial charge in [-0.3, -0.25) is 9.59 Å². The highest BCUT2D eigenvalue weighted by atomic mass is 35.5. The van der Waals surface area contributed by atoms with E-state index in [1.54, 1.807) is 23.7 Å². The zero-order chi connectivity index (χ0) is 22.5. The fraction of sp³-hybridized carbons (Fsp3) is 0.261. The van der Waals surface area contributed by atoms with Crippen LogP contribution in [0.25, 0.3) is 0 Å². The van der Waals surface area contributed by atoms with Gasteiger partial charge in [0, 0.05) is 6.54 Å². The van der Waals surface area contributed by atoms with Crippen molar-refractivity contribution in [3.63, 3.8) is 0 Å².